The predicted octanol–water partition coefficient (Wildman–Crippen LogP) is 1.39. The topological polar surface area (TPSA) is 41.6 Å². The molecular weight excluding hydrogens is 205 g/mol. The van der Waals surface area contributed by atoms with Crippen LogP contribution in [0.3, 0.4) is 0 Å². The third-order valence-corrected chi connectivity index (χ3v) is 3.23. The van der Waals surface area contributed by atoms with E-state index in [1.54, 1.807) is 0 Å². The maximum absolute atomic E-state index is 12.8. The Morgan fingerprint density at radius 1 is 1.44 bits per heavy atom. The zero-order valence-electron chi connectivity index (χ0n) is 9.57. The van der Waals surface area contributed by atoms with Crippen LogP contribution in [0.4, 0.5) is 4.39 Å². The number of rotatable bonds is 2. The molecule has 0 bridgehead atoms. The number of hydrogen-bond donors (Lipinski definition) is 1. The summed E-state index contributed by atoms with van der Waals surface area (Å²) in [5.74, 6) is 0.369. The molecular formula is C12H16FN3. The minimum Gasteiger partial charge on any atom is -0.370 e. The first-order valence-corrected chi connectivity index (χ1v) is 5.29. The molecule has 0 aliphatic carbocycles. The number of likely N-dealkylation sites (N-methyl/N-ethyl adjacent to an activating group) is 1. The average Bonchev–Trinajstić information content (AvgIpc) is 2.51. The van der Waals surface area contributed by atoms with Gasteiger partial charge in [-0.3, -0.25) is 4.99 Å². The van der Waals surface area contributed by atoms with Gasteiger partial charge in [-0.15, -0.1) is 0 Å². The Bertz CT molecular complexity index is 413. The number of nitrogens with zero attached hydrogens (tertiary/aromatic N) is 2. The molecule has 0 spiro atoms. The van der Waals surface area contributed by atoms with Crippen molar-refractivity contribution in [2.45, 2.75) is 18.9 Å². The van der Waals surface area contributed by atoms with Crippen molar-refractivity contribution in [3.63, 3.8) is 0 Å². The quantitative estimate of drug-likeness (QED) is 0.820. The van der Waals surface area contributed by atoms with Crippen LogP contribution in [-0.4, -0.2) is 30.0 Å². The Morgan fingerprint density at radius 3 is 2.56 bits per heavy atom. The molecule has 0 aromatic heterocycles. The summed E-state index contributed by atoms with van der Waals surface area (Å²) in [5, 5.41) is 0. The number of halogens is 1. The predicted molar refractivity (Wildman–Crippen MR) is 62.8 cm³/mol. The van der Waals surface area contributed by atoms with Crippen molar-refractivity contribution in [2.24, 2.45) is 10.7 Å². The van der Waals surface area contributed by atoms with E-state index in [0.29, 0.717) is 12.5 Å². The van der Waals surface area contributed by atoms with E-state index in [4.69, 9.17) is 5.73 Å². The monoisotopic (exact) mass is 221 g/mol. The van der Waals surface area contributed by atoms with Crippen LogP contribution in [0.5, 0.6) is 0 Å². The highest BCUT2D eigenvalue weighted by atomic mass is 19.1. The van der Waals surface area contributed by atoms with E-state index in [2.05, 4.69) is 11.9 Å². The zero-order valence-corrected chi connectivity index (χ0v) is 9.57. The van der Waals surface area contributed by atoms with E-state index < -0.39 is 0 Å². The normalized spacial score (nSPS) is 24.7. The van der Waals surface area contributed by atoms with Crippen LogP contribution in [-0.2, 0) is 6.42 Å². The van der Waals surface area contributed by atoms with Gasteiger partial charge in [-0.25, -0.2) is 4.39 Å². The van der Waals surface area contributed by atoms with Crippen molar-refractivity contribution in [1.82, 2.24) is 4.90 Å². The maximum Gasteiger partial charge on any atom is 0.191 e. The highest BCUT2D eigenvalue weighted by molar-refractivity contribution is 5.80. The second kappa shape index (κ2) is 3.77. The molecule has 4 heteroatoms. The molecule has 1 heterocycles. The zero-order chi connectivity index (χ0) is 11.8. The Kier molecular flexibility index (Phi) is 2.58. The largest absolute Gasteiger partial charge is 0.370 e. The lowest BCUT2D eigenvalue weighted by Crippen LogP contribution is -2.48. The van der Waals surface area contributed by atoms with Crippen molar-refractivity contribution >= 4 is 5.96 Å². The molecule has 0 fully saturated rings. The van der Waals surface area contributed by atoms with Gasteiger partial charge in [-0.05, 0) is 31.0 Å². The molecule has 1 aromatic carbocycles. The highest BCUT2D eigenvalue weighted by Crippen LogP contribution is 2.24. The first-order chi connectivity index (χ1) is 7.51. The molecule has 86 valence electrons. The summed E-state index contributed by atoms with van der Waals surface area (Å²) >= 11 is 0. The van der Waals surface area contributed by atoms with Crippen LogP contribution < -0.4 is 5.73 Å². The Hall–Kier alpha value is -1.58. The van der Waals surface area contributed by atoms with Crippen molar-refractivity contribution in [1.29, 1.82) is 0 Å². The lowest BCUT2D eigenvalue weighted by molar-refractivity contribution is 0.260. The van der Waals surface area contributed by atoms with E-state index in [0.717, 1.165) is 12.0 Å². The number of hydrogen-bond acceptors (Lipinski definition) is 3. The summed E-state index contributed by atoms with van der Waals surface area (Å²) in [5.41, 5.74) is 6.75. The molecule has 1 aromatic rings. The molecule has 1 aliphatic heterocycles. The fourth-order valence-corrected chi connectivity index (χ4v) is 1.96. The van der Waals surface area contributed by atoms with Crippen LogP contribution >= 0.6 is 0 Å². The van der Waals surface area contributed by atoms with E-state index in [1.807, 2.05) is 24.1 Å². The van der Waals surface area contributed by atoms with Gasteiger partial charge in [0.25, 0.3) is 0 Å². The molecule has 0 radical (unpaired) electrons. The molecule has 0 amide bonds. The van der Waals surface area contributed by atoms with E-state index in [-0.39, 0.29) is 11.4 Å². The van der Waals surface area contributed by atoms with Crippen molar-refractivity contribution in [2.75, 3.05) is 13.6 Å². The summed E-state index contributed by atoms with van der Waals surface area (Å²) in [7, 11) is 1.94. The Labute approximate surface area is 94.8 Å². The van der Waals surface area contributed by atoms with Gasteiger partial charge in [0.05, 0.1) is 12.1 Å². The SMILES string of the molecule is CN1C(N)=NCC1(C)Cc1ccc(F)cc1. The first-order valence-electron chi connectivity index (χ1n) is 5.29. The van der Waals surface area contributed by atoms with Gasteiger partial charge < -0.3 is 10.6 Å². The lowest BCUT2D eigenvalue weighted by atomic mass is 9.92. The third-order valence-electron chi connectivity index (χ3n) is 3.23. The first kappa shape index (κ1) is 10.9. The number of guanidine groups is 1. The van der Waals surface area contributed by atoms with E-state index in [1.165, 1.54) is 12.1 Å². The van der Waals surface area contributed by atoms with Crippen LogP contribution in [0.25, 0.3) is 0 Å². The summed E-state index contributed by atoms with van der Waals surface area (Å²) in [6.07, 6.45) is 0.813. The number of nitrogens with two attached hydrogens (primary N) is 1. The fraction of sp³-hybridized carbons (Fsp3) is 0.417. The van der Waals surface area contributed by atoms with Gasteiger partial charge >= 0.3 is 0 Å². The van der Waals surface area contributed by atoms with Crippen LogP contribution in [0.1, 0.15) is 12.5 Å². The molecule has 1 atom stereocenters. The molecule has 0 saturated heterocycles. The van der Waals surface area contributed by atoms with Crippen LogP contribution in [0.15, 0.2) is 29.3 Å². The smallest absolute Gasteiger partial charge is 0.191 e. The van der Waals surface area contributed by atoms with E-state index >= 15 is 0 Å². The highest BCUT2D eigenvalue weighted by Gasteiger charge is 2.35. The van der Waals surface area contributed by atoms with Gasteiger partial charge in [0.1, 0.15) is 5.82 Å². The lowest BCUT2D eigenvalue weighted by Gasteiger charge is -2.33. The van der Waals surface area contributed by atoms with Gasteiger partial charge in [0.2, 0.25) is 0 Å². The van der Waals surface area contributed by atoms with Crippen molar-refractivity contribution in [3.05, 3.63) is 35.6 Å². The third kappa shape index (κ3) is 1.87. The van der Waals surface area contributed by atoms with Gasteiger partial charge in [0, 0.05) is 7.05 Å². The van der Waals surface area contributed by atoms with Gasteiger partial charge in [-0.2, -0.15) is 0 Å². The second-order valence-corrected chi connectivity index (χ2v) is 4.53. The molecule has 1 aliphatic rings. The molecule has 3 nitrogen and oxygen atoms in total. The molecule has 2 N–H and O–H groups in total. The molecule has 0 saturated carbocycles. The van der Waals surface area contributed by atoms with Gasteiger partial charge in [-0.1, -0.05) is 12.1 Å². The van der Waals surface area contributed by atoms with E-state index in [9.17, 15) is 4.39 Å². The maximum atomic E-state index is 12.8. The summed E-state index contributed by atoms with van der Waals surface area (Å²) in [6.45, 7) is 2.80. The molecule has 2 rings (SSSR count). The summed E-state index contributed by atoms with van der Waals surface area (Å²) < 4.78 is 12.8. The minimum atomic E-state index is -0.204. The fourth-order valence-electron chi connectivity index (χ4n) is 1.96. The van der Waals surface area contributed by atoms with Gasteiger partial charge in [0.15, 0.2) is 5.96 Å². The Morgan fingerprint density at radius 2 is 2.06 bits per heavy atom. The molecule has 1 unspecified atom stereocenters. The standard InChI is InChI=1S/C12H16FN3/c1-12(8-15-11(14)16(12)2)7-9-3-5-10(13)6-4-9/h3-6H,7-8H2,1-2H3,(H2,14,15). The van der Waals surface area contributed by atoms with Crippen molar-refractivity contribution < 1.29 is 4.39 Å². The van der Waals surface area contributed by atoms with Crippen molar-refractivity contribution in [3.8, 4) is 0 Å². The number of aliphatic imine (C=N–C) groups is 1. The summed E-state index contributed by atoms with van der Waals surface area (Å²) in [6, 6.07) is 6.58. The summed E-state index contributed by atoms with van der Waals surface area (Å²) in [4.78, 5) is 6.21. The Balaban J connectivity index is 2.13. The molecule has 16 heavy (non-hydrogen) atoms. The minimum absolute atomic E-state index is 0.0953. The average molecular weight is 221 g/mol. The second-order valence-electron chi connectivity index (χ2n) is 4.53. The van der Waals surface area contributed by atoms with Crippen LogP contribution in [0.2, 0.25) is 0 Å². The number of benzene rings is 1. The van der Waals surface area contributed by atoms with Crippen LogP contribution in [0, 0.1) is 5.82 Å².